The molecule has 1 fully saturated rings. The van der Waals surface area contributed by atoms with Gasteiger partial charge in [0.2, 0.25) is 15.9 Å². The van der Waals surface area contributed by atoms with Crippen molar-refractivity contribution in [2.45, 2.75) is 77.1 Å². The van der Waals surface area contributed by atoms with Crippen LogP contribution in [0.25, 0.3) is 10.6 Å². The van der Waals surface area contributed by atoms with Crippen LogP contribution < -0.4 is 5.32 Å². The number of aliphatic hydroxyl groups is 1. The molecule has 0 radical (unpaired) electrons. The van der Waals surface area contributed by atoms with E-state index in [4.69, 9.17) is 4.98 Å². The largest absolute Gasteiger partial charge is 0.390 e. The van der Waals surface area contributed by atoms with Gasteiger partial charge in [-0.2, -0.15) is 4.31 Å². The molecule has 0 spiro atoms. The molecule has 11 nitrogen and oxygen atoms in total. The van der Waals surface area contributed by atoms with Crippen molar-refractivity contribution in [3.63, 3.8) is 0 Å². The van der Waals surface area contributed by atoms with Crippen molar-refractivity contribution in [3.8, 4) is 10.6 Å². The molecule has 13 heteroatoms. The zero-order chi connectivity index (χ0) is 37.4. The number of carbonyl (C=O) groups excluding carboxylic acids is 2. The lowest BCUT2D eigenvalue weighted by molar-refractivity contribution is -0.128. The molecule has 2 aromatic heterocycles. The lowest BCUT2D eigenvalue weighted by Crippen LogP contribution is -2.57. The number of thiazole rings is 1. The standard InChI is InChI=1S/C39H50N6O5S2/c1-6-29(5)36(45-20-19-43(39(45)48)24-32-26-51-38(41-32)31-13-10-18-40-22-31)37(47)42-34(21-30-11-8-7-9-12-30)35(46)25-44(23-27(2)3)52(49,50)33-16-14-28(4)15-17-33/h7-18,22,26-27,29,34-36,46H,6,19-21,23-25H2,1-5H3,(H,42,47)/t29-,34-,35+,36-/m0/s1. The second-order valence-electron chi connectivity index (χ2n) is 14.0. The van der Waals surface area contributed by atoms with E-state index in [0.29, 0.717) is 26.1 Å². The van der Waals surface area contributed by atoms with E-state index in [1.165, 1.54) is 15.6 Å². The van der Waals surface area contributed by atoms with E-state index in [1.807, 2.05) is 82.5 Å². The molecule has 52 heavy (non-hydrogen) atoms. The third-order valence-corrected chi connectivity index (χ3v) is 12.2. The predicted molar refractivity (Wildman–Crippen MR) is 204 cm³/mol. The molecule has 1 saturated heterocycles. The number of benzene rings is 2. The quantitative estimate of drug-likeness (QED) is 0.144. The lowest BCUT2D eigenvalue weighted by Gasteiger charge is -2.35. The average Bonchev–Trinajstić information content (AvgIpc) is 3.75. The fraction of sp³-hybridized carbons (Fsp3) is 0.436. The highest BCUT2D eigenvalue weighted by Gasteiger charge is 2.41. The second kappa shape index (κ2) is 17.6. The number of nitrogens with zero attached hydrogens (tertiary/aromatic N) is 5. The van der Waals surface area contributed by atoms with Crippen molar-refractivity contribution < 1.29 is 23.1 Å². The first-order valence-electron chi connectivity index (χ1n) is 17.9. The Hall–Kier alpha value is -4.17. The minimum atomic E-state index is -3.95. The van der Waals surface area contributed by atoms with Gasteiger partial charge in [-0.25, -0.2) is 18.2 Å². The van der Waals surface area contributed by atoms with Gasteiger partial charge in [0.1, 0.15) is 11.0 Å². The second-order valence-corrected chi connectivity index (χ2v) is 16.8. The summed E-state index contributed by atoms with van der Waals surface area (Å²) in [5.74, 6) is -0.581. The summed E-state index contributed by atoms with van der Waals surface area (Å²) in [4.78, 5) is 40.6. The van der Waals surface area contributed by atoms with Gasteiger partial charge in [0.05, 0.1) is 29.3 Å². The lowest BCUT2D eigenvalue weighted by atomic mass is 9.95. The molecule has 0 unspecified atom stereocenters. The number of hydrogen-bond acceptors (Lipinski definition) is 8. The highest BCUT2D eigenvalue weighted by molar-refractivity contribution is 7.89. The Kier molecular flexibility index (Phi) is 13.2. The van der Waals surface area contributed by atoms with Crippen LogP contribution in [0.4, 0.5) is 4.79 Å². The SMILES string of the molecule is CC[C@H](C)[C@@H](C(=O)N[C@@H](Cc1ccccc1)[C@H](O)CN(CC(C)C)S(=O)(=O)c1ccc(C)cc1)N1CCN(Cc2csc(-c3cccnc3)n2)C1=O. The number of aryl methyl sites for hydroxylation is 1. The number of pyridine rings is 1. The molecule has 0 saturated carbocycles. The molecular formula is C39H50N6O5S2. The first-order chi connectivity index (χ1) is 24.9. The van der Waals surface area contributed by atoms with Crippen LogP contribution >= 0.6 is 11.3 Å². The van der Waals surface area contributed by atoms with Crippen molar-refractivity contribution in [3.05, 3.63) is 101 Å². The molecule has 0 bridgehead atoms. The summed E-state index contributed by atoms with van der Waals surface area (Å²) in [5, 5.41) is 17.7. The molecule has 5 rings (SSSR count). The Bertz CT molecular complexity index is 1870. The van der Waals surface area contributed by atoms with Gasteiger partial charge in [-0.15, -0.1) is 11.3 Å². The Labute approximate surface area is 311 Å². The van der Waals surface area contributed by atoms with Crippen molar-refractivity contribution >= 4 is 33.3 Å². The number of sulfonamides is 1. The van der Waals surface area contributed by atoms with Crippen LogP contribution in [0.3, 0.4) is 0 Å². The topological polar surface area (TPSA) is 136 Å². The van der Waals surface area contributed by atoms with Crippen molar-refractivity contribution in [2.75, 3.05) is 26.2 Å². The van der Waals surface area contributed by atoms with Crippen LogP contribution in [0.5, 0.6) is 0 Å². The minimum Gasteiger partial charge on any atom is -0.390 e. The summed E-state index contributed by atoms with van der Waals surface area (Å²) in [6.45, 7) is 10.8. The Morgan fingerprint density at radius 1 is 1.02 bits per heavy atom. The normalized spacial score (nSPS) is 16.0. The van der Waals surface area contributed by atoms with Crippen LogP contribution in [0.2, 0.25) is 0 Å². The van der Waals surface area contributed by atoms with E-state index in [9.17, 15) is 23.1 Å². The fourth-order valence-corrected chi connectivity index (χ4v) is 8.85. The minimum absolute atomic E-state index is 0.0142. The van der Waals surface area contributed by atoms with Gasteiger partial charge in [-0.05, 0) is 55.0 Å². The Morgan fingerprint density at radius 3 is 2.40 bits per heavy atom. The van der Waals surface area contributed by atoms with E-state index in [-0.39, 0.29) is 48.2 Å². The molecule has 2 N–H and O–H groups in total. The van der Waals surface area contributed by atoms with E-state index < -0.39 is 28.2 Å². The third-order valence-electron chi connectivity index (χ3n) is 9.44. The maximum atomic E-state index is 14.3. The van der Waals surface area contributed by atoms with Crippen molar-refractivity contribution in [1.82, 2.24) is 29.4 Å². The van der Waals surface area contributed by atoms with E-state index in [1.54, 1.807) is 46.5 Å². The monoisotopic (exact) mass is 746 g/mol. The summed E-state index contributed by atoms with van der Waals surface area (Å²) < 4.78 is 29.1. The summed E-state index contributed by atoms with van der Waals surface area (Å²) in [6.07, 6.45) is 3.14. The van der Waals surface area contributed by atoms with Gasteiger partial charge < -0.3 is 20.2 Å². The average molecular weight is 747 g/mol. The van der Waals surface area contributed by atoms with E-state index in [2.05, 4.69) is 10.3 Å². The molecule has 3 amide bonds. The molecule has 0 aliphatic carbocycles. The van der Waals surface area contributed by atoms with E-state index >= 15 is 0 Å². The molecule has 2 aromatic carbocycles. The molecule has 3 heterocycles. The maximum absolute atomic E-state index is 14.3. The van der Waals surface area contributed by atoms with Crippen LogP contribution in [0, 0.1) is 18.8 Å². The number of rotatable bonds is 17. The number of urea groups is 1. The highest BCUT2D eigenvalue weighted by Crippen LogP contribution is 2.27. The van der Waals surface area contributed by atoms with Crippen molar-refractivity contribution in [1.29, 1.82) is 0 Å². The summed E-state index contributed by atoms with van der Waals surface area (Å²) in [6, 6.07) is 18.1. The first-order valence-corrected chi connectivity index (χ1v) is 20.2. The number of carbonyl (C=O) groups is 2. The molecule has 4 aromatic rings. The van der Waals surface area contributed by atoms with E-state index in [0.717, 1.165) is 27.4 Å². The number of nitrogens with one attached hydrogen (secondary N) is 1. The van der Waals surface area contributed by atoms with Crippen LogP contribution in [-0.2, 0) is 27.8 Å². The van der Waals surface area contributed by atoms with Gasteiger partial charge in [0.15, 0.2) is 0 Å². The van der Waals surface area contributed by atoms with Crippen LogP contribution in [-0.4, -0.2) is 93.9 Å². The number of aliphatic hydroxyl groups excluding tert-OH is 1. The first kappa shape index (κ1) is 39.0. The third kappa shape index (κ3) is 9.62. The molecule has 4 atom stereocenters. The number of aromatic nitrogens is 2. The predicted octanol–water partition coefficient (Wildman–Crippen LogP) is 5.60. The smallest absolute Gasteiger partial charge is 0.321 e. The van der Waals surface area contributed by atoms with Gasteiger partial charge in [-0.1, -0.05) is 82.1 Å². The zero-order valence-electron chi connectivity index (χ0n) is 30.6. The Balaban J connectivity index is 1.35. The molecular weight excluding hydrogens is 697 g/mol. The van der Waals surface area contributed by atoms with Gasteiger partial charge in [0, 0.05) is 49.5 Å². The summed E-state index contributed by atoms with van der Waals surface area (Å²) in [7, 11) is -3.95. The number of hydrogen-bond donors (Lipinski definition) is 2. The molecule has 278 valence electrons. The Morgan fingerprint density at radius 2 is 1.75 bits per heavy atom. The van der Waals surface area contributed by atoms with Gasteiger partial charge in [-0.3, -0.25) is 9.78 Å². The summed E-state index contributed by atoms with van der Waals surface area (Å²) >= 11 is 1.49. The van der Waals surface area contributed by atoms with Gasteiger partial charge in [0.25, 0.3) is 0 Å². The molecule has 1 aliphatic rings. The van der Waals surface area contributed by atoms with Crippen LogP contribution in [0.15, 0.2) is 89.4 Å². The van der Waals surface area contributed by atoms with Crippen molar-refractivity contribution in [2.24, 2.45) is 11.8 Å². The fourth-order valence-electron chi connectivity index (χ4n) is 6.43. The zero-order valence-corrected chi connectivity index (χ0v) is 32.2. The maximum Gasteiger partial charge on any atom is 0.321 e. The van der Waals surface area contributed by atoms with Crippen LogP contribution in [0.1, 0.15) is 50.9 Å². The number of amides is 3. The highest BCUT2D eigenvalue weighted by atomic mass is 32.2. The van der Waals surface area contributed by atoms with Gasteiger partial charge >= 0.3 is 6.03 Å². The summed E-state index contributed by atoms with van der Waals surface area (Å²) in [5.41, 5.74) is 3.49. The molecule has 1 aliphatic heterocycles.